The average molecular weight is 279 g/mol. The summed E-state index contributed by atoms with van der Waals surface area (Å²) in [6, 6.07) is 14.9. The summed E-state index contributed by atoms with van der Waals surface area (Å²) in [4.78, 5) is 3.95. The molecular formula is C16H14BNO3. The fourth-order valence-corrected chi connectivity index (χ4v) is 2.31. The SMILES string of the molecule is OB(O)c1c(OCc2ccncc2)ccc2ccccc12. The van der Waals surface area contributed by atoms with Crippen LogP contribution >= 0.6 is 0 Å². The van der Waals surface area contributed by atoms with E-state index < -0.39 is 7.12 Å². The van der Waals surface area contributed by atoms with Crippen molar-refractivity contribution in [2.75, 3.05) is 0 Å². The molecule has 2 N–H and O–H groups in total. The van der Waals surface area contributed by atoms with Crippen molar-refractivity contribution < 1.29 is 14.8 Å². The summed E-state index contributed by atoms with van der Waals surface area (Å²) in [6.45, 7) is 0.348. The van der Waals surface area contributed by atoms with Crippen LogP contribution in [0.25, 0.3) is 10.8 Å². The highest BCUT2D eigenvalue weighted by Gasteiger charge is 2.20. The van der Waals surface area contributed by atoms with Crippen LogP contribution in [0.15, 0.2) is 60.9 Å². The van der Waals surface area contributed by atoms with Gasteiger partial charge in [-0.05, 0) is 34.5 Å². The molecule has 0 atom stereocenters. The van der Waals surface area contributed by atoms with E-state index in [0.717, 1.165) is 16.3 Å². The van der Waals surface area contributed by atoms with E-state index in [9.17, 15) is 10.0 Å². The molecule has 0 aliphatic rings. The summed E-state index contributed by atoms with van der Waals surface area (Å²) >= 11 is 0. The van der Waals surface area contributed by atoms with E-state index in [4.69, 9.17) is 4.74 Å². The number of ether oxygens (including phenoxy) is 1. The second-order valence-corrected chi connectivity index (χ2v) is 4.72. The predicted molar refractivity (Wildman–Crippen MR) is 82.3 cm³/mol. The quantitative estimate of drug-likeness (QED) is 0.710. The summed E-state index contributed by atoms with van der Waals surface area (Å²) < 4.78 is 5.74. The fraction of sp³-hybridized carbons (Fsp3) is 0.0625. The number of benzene rings is 2. The largest absolute Gasteiger partial charge is 0.492 e. The van der Waals surface area contributed by atoms with Gasteiger partial charge >= 0.3 is 7.12 Å². The lowest BCUT2D eigenvalue weighted by atomic mass is 9.76. The van der Waals surface area contributed by atoms with E-state index in [1.54, 1.807) is 18.5 Å². The van der Waals surface area contributed by atoms with E-state index in [0.29, 0.717) is 17.8 Å². The number of pyridine rings is 1. The monoisotopic (exact) mass is 279 g/mol. The molecule has 0 aliphatic carbocycles. The molecule has 21 heavy (non-hydrogen) atoms. The van der Waals surface area contributed by atoms with E-state index in [1.807, 2.05) is 42.5 Å². The molecule has 3 aromatic rings. The molecule has 2 aromatic carbocycles. The van der Waals surface area contributed by atoms with Crippen molar-refractivity contribution in [3.63, 3.8) is 0 Å². The van der Waals surface area contributed by atoms with E-state index >= 15 is 0 Å². The first-order valence-corrected chi connectivity index (χ1v) is 6.65. The molecule has 1 aromatic heterocycles. The first kappa shape index (κ1) is 13.6. The van der Waals surface area contributed by atoms with Gasteiger partial charge in [0.15, 0.2) is 0 Å². The number of hydrogen-bond acceptors (Lipinski definition) is 4. The molecule has 1 heterocycles. The maximum atomic E-state index is 9.67. The summed E-state index contributed by atoms with van der Waals surface area (Å²) in [5, 5.41) is 21.0. The molecule has 3 rings (SSSR count). The third kappa shape index (κ3) is 2.89. The van der Waals surface area contributed by atoms with E-state index in [2.05, 4.69) is 4.98 Å². The Kier molecular flexibility index (Phi) is 3.86. The second kappa shape index (κ2) is 5.95. The van der Waals surface area contributed by atoms with Crippen LogP contribution in [0.5, 0.6) is 5.75 Å². The van der Waals surface area contributed by atoms with Gasteiger partial charge in [-0.2, -0.15) is 0 Å². The Bertz CT molecular complexity index is 747. The topological polar surface area (TPSA) is 62.6 Å². The molecule has 0 aliphatic heterocycles. The highest BCUT2D eigenvalue weighted by molar-refractivity contribution is 6.63. The van der Waals surface area contributed by atoms with Gasteiger partial charge in [0.2, 0.25) is 0 Å². The van der Waals surface area contributed by atoms with Crippen LogP contribution < -0.4 is 10.2 Å². The minimum absolute atomic E-state index is 0.348. The number of hydrogen-bond donors (Lipinski definition) is 2. The zero-order valence-corrected chi connectivity index (χ0v) is 11.3. The van der Waals surface area contributed by atoms with Gasteiger partial charge in [-0.25, -0.2) is 0 Å². The molecule has 0 bridgehead atoms. The van der Waals surface area contributed by atoms with Gasteiger partial charge in [-0.15, -0.1) is 0 Å². The normalized spacial score (nSPS) is 10.6. The molecule has 5 heteroatoms. The summed E-state index contributed by atoms with van der Waals surface area (Å²) in [7, 11) is -1.58. The predicted octanol–water partition coefficient (Wildman–Crippen LogP) is 1.49. The van der Waals surface area contributed by atoms with Crippen molar-refractivity contribution in [2.45, 2.75) is 6.61 Å². The van der Waals surface area contributed by atoms with Gasteiger partial charge in [-0.3, -0.25) is 4.98 Å². The van der Waals surface area contributed by atoms with Gasteiger partial charge in [0, 0.05) is 17.9 Å². The zero-order valence-electron chi connectivity index (χ0n) is 11.3. The van der Waals surface area contributed by atoms with Crippen LogP contribution in [-0.4, -0.2) is 22.2 Å². The van der Waals surface area contributed by atoms with Gasteiger partial charge in [-0.1, -0.05) is 30.3 Å². The van der Waals surface area contributed by atoms with Crippen LogP contribution in [0.2, 0.25) is 0 Å². The Morgan fingerprint density at radius 3 is 2.48 bits per heavy atom. The van der Waals surface area contributed by atoms with Gasteiger partial charge < -0.3 is 14.8 Å². The summed E-state index contributed by atoms with van der Waals surface area (Å²) in [5.74, 6) is 0.473. The first-order valence-electron chi connectivity index (χ1n) is 6.65. The lowest BCUT2D eigenvalue weighted by Gasteiger charge is -2.14. The van der Waals surface area contributed by atoms with Crippen molar-refractivity contribution in [2.24, 2.45) is 0 Å². The number of nitrogens with zero attached hydrogens (tertiary/aromatic N) is 1. The van der Waals surface area contributed by atoms with Crippen molar-refractivity contribution in [1.82, 2.24) is 4.98 Å². The molecule has 0 radical (unpaired) electrons. The lowest BCUT2D eigenvalue weighted by molar-refractivity contribution is 0.307. The highest BCUT2D eigenvalue weighted by Crippen LogP contribution is 2.19. The Morgan fingerprint density at radius 2 is 1.71 bits per heavy atom. The maximum Gasteiger partial charge on any atom is 0.492 e. The van der Waals surface area contributed by atoms with E-state index in [1.165, 1.54) is 0 Å². The molecule has 104 valence electrons. The first-order chi connectivity index (χ1) is 10.3. The van der Waals surface area contributed by atoms with Crippen molar-refractivity contribution >= 4 is 23.4 Å². The second-order valence-electron chi connectivity index (χ2n) is 4.72. The third-order valence-corrected chi connectivity index (χ3v) is 3.33. The van der Waals surface area contributed by atoms with Crippen molar-refractivity contribution in [3.8, 4) is 5.75 Å². The summed E-state index contributed by atoms with van der Waals surface area (Å²) in [5.41, 5.74) is 1.36. The number of rotatable bonds is 4. The average Bonchev–Trinajstić information content (AvgIpc) is 2.53. The molecule has 0 saturated carbocycles. The van der Waals surface area contributed by atoms with Gasteiger partial charge in [0.1, 0.15) is 12.4 Å². The van der Waals surface area contributed by atoms with Crippen LogP contribution in [0.3, 0.4) is 0 Å². The zero-order chi connectivity index (χ0) is 14.7. The number of fused-ring (bicyclic) bond motifs is 1. The Morgan fingerprint density at radius 1 is 0.952 bits per heavy atom. The third-order valence-electron chi connectivity index (χ3n) is 3.33. The molecule has 4 nitrogen and oxygen atoms in total. The molecule has 0 saturated heterocycles. The standard InChI is InChI=1S/C16H14BNO3/c19-17(20)16-14-4-2-1-3-13(14)5-6-15(16)21-11-12-7-9-18-10-8-12/h1-10,19-20H,11H2. The minimum atomic E-state index is -1.58. The Hall–Kier alpha value is -2.37. The van der Waals surface area contributed by atoms with Gasteiger partial charge in [0.05, 0.1) is 0 Å². The van der Waals surface area contributed by atoms with Crippen LogP contribution in [0, 0.1) is 0 Å². The number of aromatic nitrogens is 1. The minimum Gasteiger partial charge on any atom is -0.489 e. The van der Waals surface area contributed by atoms with Crippen LogP contribution in [-0.2, 0) is 6.61 Å². The van der Waals surface area contributed by atoms with E-state index in [-0.39, 0.29) is 0 Å². The summed E-state index contributed by atoms with van der Waals surface area (Å²) in [6.07, 6.45) is 3.39. The Balaban J connectivity index is 1.96. The van der Waals surface area contributed by atoms with Gasteiger partial charge in [0.25, 0.3) is 0 Å². The molecule has 0 amide bonds. The molecular weight excluding hydrogens is 265 g/mol. The lowest BCUT2D eigenvalue weighted by Crippen LogP contribution is -2.32. The molecule has 0 unspecified atom stereocenters. The smallest absolute Gasteiger partial charge is 0.489 e. The van der Waals surface area contributed by atoms with Crippen molar-refractivity contribution in [3.05, 3.63) is 66.5 Å². The molecule has 0 fully saturated rings. The van der Waals surface area contributed by atoms with Crippen LogP contribution in [0.4, 0.5) is 0 Å². The van der Waals surface area contributed by atoms with Crippen LogP contribution in [0.1, 0.15) is 5.56 Å². The molecule has 0 spiro atoms. The maximum absolute atomic E-state index is 9.67. The fourth-order valence-electron chi connectivity index (χ4n) is 2.31. The Labute approximate surface area is 122 Å². The highest BCUT2D eigenvalue weighted by atomic mass is 16.5. The van der Waals surface area contributed by atoms with Crippen molar-refractivity contribution in [1.29, 1.82) is 0 Å².